The molecule has 7 heteroatoms. The van der Waals surface area contributed by atoms with Gasteiger partial charge >= 0.3 is 0 Å². The number of amides is 1. The molecule has 3 heterocycles. The van der Waals surface area contributed by atoms with Crippen LogP contribution in [0.2, 0.25) is 0 Å². The summed E-state index contributed by atoms with van der Waals surface area (Å²) in [5, 5.41) is 3.05. The second kappa shape index (κ2) is 8.68. The van der Waals surface area contributed by atoms with Gasteiger partial charge in [-0.25, -0.2) is 0 Å². The smallest absolute Gasteiger partial charge is 0.287 e. The molecule has 1 fully saturated rings. The molecule has 0 spiro atoms. The van der Waals surface area contributed by atoms with Crippen molar-refractivity contribution in [2.45, 2.75) is 18.9 Å². The average Bonchev–Trinajstić information content (AvgIpc) is 3.15. The molecule has 6 nitrogen and oxygen atoms in total. The summed E-state index contributed by atoms with van der Waals surface area (Å²) in [7, 11) is 2.15. The standard InChI is InChI=1S/C21H26BrN3O3/c1-24-8-2-3-15-13-16(4-5-17(15)24)18(25-9-11-27-12-10-25)14-23-21(26)19-6-7-20(22)28-19/h4-7,13,18H,2-3,8-12,14H2,1H3,(H,23,26)/t18-/m1/s1. The largest absolute Gasteiger partial charge is 0.444 e. The molecule has 2 aliphatic rings. The van der Waals surface area contributed by atoms with Crippen molar-refractivity contribution in [2.24, 2.45) is 0 Å². The number of halogens is 1. The third-order valence-corrected chi connectivity index (χ3v) is 6.00. The minimum atomic E-state index is -0.193. The van der Waals surface area contributed by atoms with Crippen molar-refractivity contribution in [1.29, 1.82) is 0 Å². The number of hydrogen-bond donors (Lipinski definition) is 1. The van der Waals surface area contributed by atoms with Gasteiger partial charge < -0.3 is 19.4 Å². The van der Waals surface area contributed by atoms with E-state index in [0.717, 1.165) is 39.3 Å². The summed E-state index contributed by atoms with van der Waals surface area (Å²) in [5.74, 6) is 0.126. The zero-order valence-electron chi connectivity index (χ0n) is 16.1. The van der Waals surface area contributed by atoms with Gasteiger partial charge in [-0.1, -0.05) is 12.1 Å². The zero-order chi connectivity index (χ0) is 19.5. The van der Waals surface area contributed by atoms with Crippen LogP contribution >= 0.6 is 15.9 Å². The van der Waals surface area contributed by atoms with Gasteiger partial charge in [0.15, 0.2) is 10.4 Å². The van der Waals surface area contributed by atoms with E-state index in [4.69, 9.17) is 9.15 Å². The van der Waals surface area contributed by atoms with Crippen molar-refractivity contribution in [2.75, 3.05) is 51.3 Å². The molecule has 1 saturated heterocycles. The van der Waals surface area contributed by atoms with Gasteiger partial charge in [0.1, 0.15) is 0 Å². The van der Waals surface area contributed by atoms with Gasteiger partial charge in [0.05, 0.1) is 19.3 Å². The van der Waals surface area contributed by atoms with Crippen LogP contribution in [0.15, 0.2) is 39.4 Å². The summed E-state index contributed by atoms with van der Waals surface area (Å²) in [4.78, 5) is 17.2. The number of carbonyl (C=O) groups excluding carboxylic acids is 1. The first-order valence-corrected chi connectivity index (χ1v) is 10.6. The van der Waals surface area contributed by atoms with Crippen LogP contribution in [-0.4, -0.2) is 57.2 Å². The molecule has 1 aromatic heterocycles. The van der Waals surface area contributed by atoms with Crippen LogP contribution in [-0.2, 0) is 11.2 Å². The highest BCUT2D eigenvalue weighted by Gasteiger charge is 2.25. The number of hydrogen-bond acceptors (Lipinski definition) is 5. The van der Waals surface area contributed by atoms with Gasteiger partial charge in [0.25, 0.3) is 5.91 Å². The van der Waals surface area contributed by atoms with Crippen LogP contribution in [0, 0.1) is 0 Å². The lowest BCUT2D eigenvalue weighted by atomic mass is 9.95. The Hall–Kier alpha value is -1.83. The predicted octanol–water partition coefficient (Wildman–Crippen LogP) is 3.23. The number of benzene rings is 1. The Bertz CT molecular complexity index is 832. The molecule has 1 amide bonds. The van der Waals surface area contributed by atoms with Crippen LogP contribution in [0.5, 0.6) is 0 Å². The van der Waals surface area contributed by atoms with E-state index in [0.29, 0.717) is 17.0 Å². The van der Waals surface area contributed by atoms with Crippen LogP contribution in [0.3, 0.4) is 0 Å². The number of morpholine rings is 1. The minimum Gasteiger partial charge on any atom is -0.444 e. The van der Waals surface area contributed by atoms with Gasteiger partial charge in [0, 0.05) is 38.9 Å². The van der Waals surface area contributed by atoms with E-state index >= 15 is 0 Å². The summed E-state index contributed by atoms with van der Waals surface area (Å²) in [6, 6.07) is 10.3. The van der Waals surface area contributed by atoms with Crippen LogP contribution < -0.4 is 10.2 Å². The van der Waals surface area contributed by atoms with Gasteiger partial charge in [0.2, 0.25) is 0 Å². The Kier molecular flexibility index (Phi) is 6.04. The number of nitrogens with one attached hydrogen (secondary N) is 1. The van der Waals surface area contributed by atoms with E-state index in [1.54, 1.807) is 12.1 Å². The Morgan fingerprint density at radius 2 is 2.04 bits per heavy atom. The highest BCUT2D eigenvalue weighted by atomic mass is 79.9. The molecule has 0 unspecified atom stereocenters. The monoisotopic (exact) mass is 447 g/mol. The average molecular weight is 448 g/mol. The molecule has 4 rings (SSSR count). The number of rotatable bonds is 5. The summed E-state index contributed by atoms with van der Waals surface area (Å²) >= 11 is 3.25. The summed E-state index contributed by atoms with van der Waals surface area (Å²) < 4.78 is 11.5. The fourth-order valence-electron chi connectivity index (χ4n) is 4.07. The van der Waals surface area contributed by atoms with E-state index in [2.05, 4.69) is 56.3 Å². The Morgan fingerprint density at radius 3 is 2.79 bits per heavy atom. The Balaban J connectivity index is 1.54. The molecule has 1 aromatic carbocycles. The third kappa shape index (κ3) is 4.26. The maximum atomic E-state index is 12.5. The molecule has 1 N–H and O–H groups in total. The third-order valence-electron chi connectivity index (χ3n) is 5.58. The lowest BCUT2D eigenvalue weighted by molar-refractivity contribution is 0.0161. The van der Waals surface area contributed by atoms with Crippen LogP contribution in [0.1, 0.15) is 34.1 Å². The topological polar surface area (TPSA) is 58.0 Å². The quantitative estimate of drug-likeness (QED) is 0.762. The van der Waals surface area contributed by atoms with E-state index in [-0.39, 0.29) is 11.9 Å². The molecular weight excluding hydrogens is 422 g/mol. The molecule has 150 valence electrons. The van der Waals surface area contributed by atoms with E-state index in [1.807, 2.05) is 0 Å². The molecule has 2 aromatic rings. The second-order valence-corrected chi connectivity index (χ2v) is 8.17. The number of carbonyl (C=O) groups is 1. The molecule has 0 aliphatic carbocycles. The van der Waals surface area contributed by atoms with E-state index in [1.165, 1.54) is 23.2 Å². The fourth-order valence-corrected chi connectivity index (χ4v) is 4.38. The van der Waals surface area contributed by atoms with Crippen molar-refractivity contribution in [3.8, 4) is 0 Å². The van der Waals surface area contributed by atoms with Crippen LogP contribution in [0.25, 0.3) is 0 Å². The fraction of sp³-hybridized carbons (Fsp3) is 0.476. The first-order chi connectivity index (χ1) is 13.6. The highest BCUT2D eigenvalue weighted by Crippen LogP contribution is 2.31. The lowest BCUT2D eigenvalue weighted by Gasteiger charge is -2.36. The maximum Gasteiger partial charge on any atom is 0.287 e. The molecule has 2 aliphatic heterocycles. The van der Waals surface area contributed by atoms with Gasteiger partial charge in [-0.2, -0.15) is 0 Å². The van der Waals surface area contributed by atoms with Crippen molar-refractivity contribution >= 4 is 27.5 Å². The number of furan rings is 1. The van der Waals surface area contributed by atoms with Crippen molar-refractivity contribution in [3.05, 3.63) is 51.9 Å². The van der Waals surface area contributed by atoms with Crippen LogP contribution in [0.4, 0.5) is 5.69 Å². The highest BCUT2D eigenvalue weighted by molar-refractivity contribution is 9.10. The molecule has 1 atom stereocenters. The molecule has 0 bridgehead atoms. The van der Waals surface area contributed by atoms with Crippen molar-refractivity contribution in [3.63, 3.8) is 0 Å². The Labute approximate surface area is 173 Å². The summed E-state index contributed by atoms with van der Waals surface area (Å²) in [6.07, 6.45) is 2.29. The second-order valence-electron chi connectivity index (χ2n) is 7.39. The zero-order valence-corrected chi connectivity index (χ0v) is 17.7. The molecule has 0 radical (unpaired) electrons. The first kappa shape index (κ1) is 19.5. The van der Waals surface area contributed by atoms with Gasteiger partial charge in [-0.15, -0.1) is 0 Å². The number of fused-ring (bicyclic) bond motifs is 1. The maximum absolute atomic E-state index is 12.5. The number of aryl methyl sites for hydroxylation is 1. The molecular formula is C21H26BrN3O3. The summed E-state index contributed by atoms with van der Waals surface area (Å²) in [5.41, 5.74) is 3.96. The normalized spacial score (nSPS) is 18.6. The van der Waals surface area contributed by atoms with Crippen molar-refractivity contribution < 1.29 is 13.9 Å². The predicted molar refractivity (Wildman–Crippen MR) is 112 cm³/mol. The van der Waals surface area contributed by atoms with Gasteiger partial charge in [-0.05, 0) is 58.1 Å². The molecule has 28 heavy (non-hydrogen) atoms. The summed E-state index contributed by atoms with van der Waals surface area (Å²) in [6.45, 7) is 4.82. The first-order valence-electron chi connectivity index (χ1n) is 9.81. The van der Waals surface area contributed by atoms with Crippen molar-refractivity contribution in [1.82, 2.24) is 10.2 Å². The van der Waals surface area contributed by atoms with Gasteiger partial charge in [-0.3, -0.25) is 9.69 Å². The minimum absolute atomic E-state index is 0.115. The lowest BCUT2D eigenvalue weighted by Crippen LogP contribution is -2.43. The molecule has 0 saturated carbocycles. The Morgan fingerprint density at radius 1 is 1.21 bits per heavy atom. The van der Waals surface area contributed by atoms with E-state index in [9.17, 15) is 4.79 Å². The number of anilines is 1. The van der Waals surface area contributed by atoms with E-state index < -0.39 is 0 Å². The number of ether oxygens (including phenoxy) is 1. The number of nitrogens with zero attached hydrogens (tertiary/aromatic N) is 2. The SMILES string of the molecule is CN1CCCc2cc([C@@H](CNC(=O)c3ccc(Br)o3)N3CCOCC3)ccc21.